The zero-order valence-corrected chi connectivity index (χ0v) is 112. The Morgan fingerprint density at radius 1 is 0.625 bits per heavy atom. The summed E-state index contributed by atoms with van der Waals surface area (Å²) < 4.78 is 248. The van der Waals surface area contributed by atoms with Gasteiger partial charge >= 0.3 is 504 Å². The average Bonchev–Trinajstić information content (AvgIpc) is 0.824. The van der Waals surface area contributed by atoms with Crippen LogP contribution >= 0.6 is 90.3 Å². The number of esters is 1. The molecular formula is C55H68Br5ClCsF17K10Li2N6O12S2Si. The maximum absolute atomic E-state index is 12.7. The number of carbonyl (C=O) groups excluding carboxylic acids is 2. The Kier molecular flexibility index (Phi) is 142. The Bertz CT molecular complexity index is 3540. The van der Waals surface area contributed by atoms with E-state index < -0.39 is 125 Å². The molecule has 0 aliphatic rings. The third kappa shape index (κ3) is 101. The molecule has 0 aromatic carbocycles. The van der Waals surface area contributed by atoms with Crippen molar-refractivity contribution in [2.75, 3.05) is 26.8 Å². The SMILES string of the molecule is Brc1cccnc1Br.C.C.COC(=O)c1cccnc1CC(F)(F)F.CS(=O)(=O)Cl.CS(=O)(=O)OC(c1ncccc1Br)C(F)(F)F.C[Si](C)(C)C(F)(F)F.O=C(O)c1cccnc1CC(F)(F)F.O=Cc1ncccc1Br.OC(c1ncccc1Br)C(F)(F)F.[2H]CF.[CH2-]CCC.[Cs+].[F-].[H-].[H-].[K+].[K+].[K][K].[K][K].[K][K].[K][K].[Li+].[Li+].[OH-]. The Balaban J connectivity index is -0.0000000526. The number of rotatable bonds is 10. The van der Waals surface area contributed by atoms with E-state index in [2.05, 4.69) is 143 Å². The molecule has 18 nitrogen and oxygen atoms in total. The molecule has 0 fully saturated rings. The van der Waals surface area contributed by atoms with Crippen LogP contribution in [-0.4, -0.2) is 399 Å². The van der Waals surface area contributed by atoms with Crippen LogP contribution in [0, 0.1) is 6.92 Å². The van der Waals surface area contributed by atoms with E-state index in [9.17, 15) is 101 Å². The maximum atomic E-state index is 12.7. The second-order valence-electron chi connectivity index (χ2n) is 17.8. The monoisotopic (exact) mass is 2390 g/mol. The Hall–Kier alpha value is 14.6. The van der Waals surface area contributed by atoms with Crippen LogP contribution in [0.5, 0.6) is 0 Å². The first-order chi connectivity index (χ1) is 47.6. The fraction of sp³-hybridized carbons (Fsp3) is 0.382. The van der Waals surface area contributed by atoms with Crippen LogP contribution in [-0.2, 0) is 40.9 Å². The van der Waals surface area contributed by atoms with Crippen LogP contribution in [0.3, 0.4) is 0 Å². The van der Waals surface area contributed by atoms with Crippen molar-refractivity contribution in [3.8, 4) is 0 Å². The first kappa shape index (κ1) is 163. The van der Waals surface area contributed by atoms with E-state index in [0.29, 0.717) is 18.2 Å². The van der Waals surface area contributed by atoms with Gasteiger partial charge in [-0.05, 0) is 152 Å². The number of carboxylic acid groups (broad SMARTS) is 1. The summed E-state index contributed by atoms with van der Waals surface area (Å²) in [7, 11) is -5.70. The smallest absolute Gasteiger partial charge is 0.870 e. The van der Waals surface area contributed by atoms with E-state index in [1.54, 1.807) is 24.5 Å². The number of carbonyl (C=O) groups is 3. The van der Waals surface area contributed by atoms with Crippen molar-refractivity contribution in [3.63, 3.8) is 0 Å². The van der Waals surface area contributed by atoms with Gasteiger partial charge < -0.3 is 34.9 Å². The first-order valence-corrected chi connectivity index (χ1v) is 105. The fourth-order valence-electron chi connectivity index (χ4n) is 4.65. The van der Waals surface area contributed by atoms with Crippen molar-refractivity contribution in [2.45, 2.75) is 110 Å². The van der Waals surface area contributed by atoms with E-state index >= 15 is 0 Å². The van der Waals surface area contributed by atoms with Crippen LogP contribution < -0.4 is 214 Å². The van der Waals surface area contributed by atoms with Crippen LogP contribution in [0.25, 0.3) is 0 Å². The van der Waals surface area contributed by atoms with Crippen molar-refractivity contribution in [3.05, 3.63) is 179 Å². The number of pyridine rings is 6. The van der Waals surface area contributed by atoms with Gasteiger partial charge in [-0.1, -0.05) is 47.8 Å². The van der Waals surface area contributed by atoms with Crippen molar-refractivity contribution in [2.24, 2.45) is 0 Å². The Labute approximate surface area is 1040 Å². The average molecular weight is 2390 g/mol. The number of halogens is 23. The standard InChI is InChI=1S/C9H8F3NO2.C8H7BrF3NO3S.C8H6F3NO2.C7H5BrF3NO.C6H4BrNO.C5H3Br2N.C4H9F3Si.C4H9.CH3ClO2S.CH3F.2CH4.Cs.FH.10K.2Li.H2O.2H/c1-15-8(14)6-3-2-4-13-7(6)5-9(10,11)12;1-17(14,15)16-7(8(10,11)12)6-5(9)3-2-4-13-6;9-8(10,11)4-6-5(7(13)14)2-1-3-12-6;8-4-2-1-3-12-5(4)6(13)7(9,10)11;7-5-2-1-3-8-6(5)4-9;6-4-2-1-3-8-5(4)7;1-8(2,3)4(5,6)7;1-3-4-2;1-5(2,3)4;1-2;;;;;;;;;;;;;;;;;;;/h2-4H,5H2,1H3;2-4,7H,1H3;1-3H,4H2,(H,13,14);1-3,6,13H;1-4H;1-3H;1-3H3;1,3-4H2,2H3;1H3;1H3;2*1H4;;1H;;;;;;;;;;;;;1H2;;/q;;;;;;;-1;;;;;+1;;;;;;;;;;4*+1;;2*-1/p-2/i;;;;;;;;;1D;;;;;;;;;;;;;;;;;;;. The molecule has 0 aliphatic carbocycles. The van der Waals surface area contributed by atoms with E-state index in [0.717, 1.165) is 51.8 Å². The number of alkyl halides is 16. The summed E-state index contributed by atoms with van der Waals surface area (Å²) in [5.74, 6) is -6.15. The third-order valence-corrected chi connectivity index (χ3v) is 15.0. The molecule has 57 heteroatoms. The van der Waals surface area contributed by atoms with Crippen molar-refractivity contribution < 1.29 is 344 Å². The zero-order valence-electron chi connectivity index (χ0n) is 66.6. The molecule has 0 saturated carbocycles. The van der Waals surface area contributed by atoms with Gasteiger partial charge in [0.05, 0.1) is 79.4 Å². The number of carboxylic acids is 1. The molecule has 3 N–H and O–H groups in total. The van der Waals surface area contributed by atoms with Gasteiger partial charge in [0.25, 0.3) is 10.1 Å². The predicted molar refractivity (Wildman–Crippen MR) is 404 cm³/mol. The third-order valence-electron chi connectivity index (χ3n) is 8.93. The molecule has 112 heavy (non-hydrogen) atoms. The van der Waals surface area contributed by atoms with Crippen molar-refractivity contribution >= 4 is 388 Å². The number of nitrogens with zero attached hydrogens (tertiary/aromatic N) is 6. The molecule has 0 bridgehead atoms. The van der Waals surface area contributed by atoms with Gasteiger partial charge in [0, 0.05) is 61.3 Å². The number of aliphatic hydroxyl groups is 1. The van der Waals surface area contributed by atoms with Gasteiger partial charge in [0.1, 0.15) is 10.3 Å². The van der Waals surface area contributed by atoms with Gasteiger partial charge in [-0.3, -0.25) is 38.3 Å². The van der Waals surface area contributed by atoms with E-state index in [-0.39, 0.29) is 257 Å². The number of aromatic nitrogens is 6. The summed E-state index contributed by atoms with van der Waals surface area (Å²) in [6.45, 7) is 9.58. The zero-order chi connectivity index (χ0) is 83.9. The topological polar surface area (TPSA) is 286 Å². The molecule has 0 spiro atoms. The number of hydrogen-bond acceptors (Lipinski definition) is 17. The number of aliphatic hydroxyl groups excluding tert-OH is 1. The van der Waals surface area contributed by atoms with Gasteiger partial charge in [0.15, 0.2) is 20.5 Å². The summed E-state index contributed by atoms with van der Waals surface area (Å²) in [6, 6.07) is 17.9. The van der Waals surface area contributed by atoms with Gasteiger partial charge in [0.2, 0.25) is 15.2 Å². The summed E-state index contributed by atoms with van der Waals surface area (Å²) in [5.41, 5.74) is -1.87. The molecule has 0 radical (unpaired) electrons. The molecule has 0 amide bonds. The van der Waals surface area contributed by atoms with Gasteiger partial charge in [-0.2, -0.15) is 80.7 Å². The van der Waals surface area contributed by atoms with Crippen LogP contribution in [0.1, 0.15) is 105 Å². The number of unbranched alkanes of at least 4 members (excludes halogenated alkanes) is 1. The Morgan fingerprint density at radius 3 is 1.14 bits per heavy atom. The minimum absolute atomic E-state index is 0. The summed E-state index contributed by atoms with van der Waals surface area (Å²) in [4.78, 5) is 53.3. The van der Waals surface area contributed by atoms with Crippen LogP contribution in [0.4, 0.5) is 70.2 Å². The van der Waals surface area contributed by atoms with Crippen LogP contribution in [0.2, 0.25) is 19.6 Å². The molecule has 0 aliphatic heterocycles. The molecular weight excluding hydrogens is 2320 g/mol. The number of hydrogen-bond donors (Lipinski definition) is 2. The van der Waals surface area contributed by atoms with Gasteiger partial charge in [-0.25, -0.2) is 23.0 Å². The number of methoxy groups -OCH3 is 1. The summed E-state index contributed by atoms with van der Waals surface area (Å²) in [6.07, 6.45) is -13.7. The summed E-state index contributed by atoms with van der Waals surface area (Å²) >= 11 is 25.4. The van der Waals surface area contributed by atoms with Crippen molar-refractivity contribution in [1.29, 1.82) is 0 Å². The molecule has 0 saturated heterocycles. The molecule has 2 atom stereocenters. The first-order valence-electron chi connectivity index (χ1n) is 29.5. The largest absolute Gasteiger partial charge is 1.00 e. The normalized spacial score (nSPS) is 10.4. The van der Waals surface area contributed by atoms with E-state index in [4.69, 9.17) is 11.6 Å². The van der Waals surface area contributed by atoms with E-state index in [1.165, 1.54) is 334 Å². The molecule has 6 aromatic rings. The fourth-order valence-corrected chi connectivity index (χ4v) is 6.99. The molecule has 580 valence electrons. The molecule has 2 unspecified atom stereocenters. The molecule has 6 aromatic heterocycles. The minimum Gasteiger partial charge on any atom is -0.870 e. The quantitative estimate of drug-likeness (QED) is 0.0221. The number of aromatic carboxylic acids is 1. The summed E-state index contributed by atoms with van der Waals surface area (Å²) in [5, 5.41) is 17.4. The number of ether oxygens (including phenoxy) is 1. The van der Waals surface area contributed by atoms with E-state index in [1.807, 2.05) is 12.1 Å². The molecule has 6 heterocycles. The second kappa shape index (κ2) is 97.3. The minimum atomic E-state index is -4.88. The number of aldehydes is 1. The maximum Gasteiger partial charge on any atom is 1.00 e. The van der Waals surface area contributed by atoms with Crippen LogP contribution in [0.15, 0.2) is 132 Å². The Morgan fingerprint density at radius 2 is 0.911 bits per heavy atom. The second-order valence-corrected chi connectivity index (χ2v) is 31.7. The predicted octanol–water partition coefficient (Wildman–Crippen LogP) is -1.90. The molecule has 6 rings (SSSR count). The van der Waals surface area contributed by atoms with Gasteiger partial charge in [-0.15, -0.1) is 0 Å². The van der Waals surface area contributed by atoms with Crippen molar-refractivity contribution in [1.82, 2.24) is 29.9 Å².